The average Bonchev–Trinajstić information content (AvgIpc) is 3.08. The lowest BCUT2D eigenvalue weighted by molar-refractivity contribution is -0.121. The molecule has 1 amide bonds. The van der Waals surface area contributed by atoms with Gasteiger partial charge < -0.3 is 5.32 Å². The summed E-state index contributed by atoms with van der Waals surface area (Å²) in [5, 5.41) is 3.14. The fourth-order valence-corrected chi connectivity index (χ4v) is 6.84. The number of hydrogen-bond acceptors (Lipinski definition) is 3. The van der Waals surface area contributed by atoms with Gasteiger partial charge in [-0.15, -0.1) is 0 Å². The maximum absolute atomic E-state index is 12.0. The van der Waals surface area contributed by atoms with Gasteiger partial charge in [0.15, 0.2) is 0 Å². The summed E-state index contributed by atoms with van der Waals surface area (Å²) < 4.78 is 29.6. The molecule has 0 radical (unpaired) electrons. The van der Waals surface area contributed by atoms with Crippen molar-refractivity contribution in [3.8, 4) is 0 Å². The highest BCUT2D eigenvalue weighted by Crippen LogP contribution is 2.15. The van der Waals surface area contributed by atoms with Gasteiger partial charge in [0.05, 0.1) is 4.90 Å². The summed E-state index contributed by atoms with van der Waals surface area (Å²) in [5.41, 5.74) is 0.956. The van der Waals surface area contributed by atoms with Gasteiger partial charge in [-0.05, 0) is 31.9 Å². The highest BCUT2D eigenvalue weighted by molar-refractivity contribution is 7.85. The second kappa shape index (κ2) is 36.4. The third-order valence-corrected chi connectivity index (χ3v) is 10.5. The van der Waals surface area contributed by atoms with Crippen molar-refractivity contribution in [2.24, 2.45) is 0 Å². The molecular weight excluding hydrogens is 627 g/mol. The number of unbranched alkanes of at least 4 members (excludes halogenated alkanes) is 29. The van der Waals surface area contributed by atoms with Gasteiger partial charge in [-0.25, -0.2) is 0 Å². The first-order valence-corrected chi connectivity index (χ1v) is 22.6. The van der Waals surface area contributed by atoms with Crippen LogP contribution in [0.3, 0.4) is 0 Å². The molecule has 1 aromatic rings. The zero-order chi connectivity index (χ0) is 36.1. The largest absolute Gasteiger partial charge is 0.356 e. The summed E-state index contributed by atoms with van der Waals surface area (Å²) in [6.45, 7) is 7.31. The third-order valence-electron chi connectivity index (χ3n) is 9.68. The number of hydrogen-bond donors (Lipinski definition) is 2. The molecule has 0 bridgehead atoms. The van der Waals surface area contributed by atoms with Crippen molar-refractivity contribution in [1.29, 1.82) is 0 Å². The van der Waals surface area contributed by atoms with E-state index in [1.165, 1.54) is 198 Å². The molecule has 1 rings (SSSR count). The minimum atomic E-state index is -4.02. The first-order chi connectivity index (χ1) is 23.8. The SMILES string of the molecule is CCCCCCCCCCCCCCCCCCNC(=O)CCCCCCCCCCCCCCCCC.Cc1ccc(S(=O)(=O)O)cc1. The number of nitrogens with one attached hydrogen (secondary N) is 1. The first kappa shape index (κ1) is 47.6. The number of aryl methyl sites for hydroxylation is 1. The Hall–Kier alpha value is -1.40. The first-order valence-electron chi connectivity index (χ1n) is 21.1. The van der Waals surface area contributed by atoms with Crippen LogP contribution in [0.25, 0.3) is 0 Å². The lowest BCUT2D eigenvalue weighted by Crippen LogP contribution is -2.23. The minimum absolute atomic E-state index is 0.0666. The molecule has 5 nitrogen and oxygen atoms in total. The van der Waals surface area contributed by atoms with Crippen LogP contribution in [0.4, 0.5) is 0 Å². The van der Waals surface area contributed by atoms with E-state index in [0.717, 1.165) is 31.4 Å². The molecule has 6 heteroatoms. The Morgan fingerprint density at radius 3 is 1.08 bits per heavy atom. The zero-order valence-corrected chi connectivity index (χ0v) is 33.5. The van der Waals surface area contributed by atoms with E-state index in [9.17, 15) is 13.2 Å². The lowest BCUT2D eigenvalue weighted by atomic mass is 10.0. The van der Waals surface area contributed by atoms with Crippen LogP contribution in [0, 0.1) is 6.92 Å². The van der Waals surface area contributed by atoms with E-state index in [-0.39, 0.29) is 10.8 Å². The van der Waals surface area contributed by atoms with Crippen LogP contribution in [0.1, 0.15) is 225 Å². The molecule has 0 atom stereocenters. The van der Waals surface area contributed by atoms with E-state index < -0.39 is 10.1 Å². The van der Waals surface area contributed by atoms with Crippen LogP contribution in [-0.4, -0.2) is 25.4 Å². The minimum Gasteiger partial charge on any atom is -0.356 e. The normalized spacial score (nSPS) is 11.3. The number of rotatable bonds is 34. The van der Waals surface area contributed by atoms with Crippen LogP contribution in [0.15, 0.2) is 29.2 Å². The van der Waals surface area contributed by atoms with E-state index in [4.69, 9.17) is 4.55 Å². The molecule has 49 heavy (non-hydrogen) atoms. The van der Waals surface area contributed by atoms with Gasteiger partial charge in [0, 0.05) is 13.0 Å². The summed E-state index contributed by atoms with van der Waals surface area (Å²) in [5.74, 6) is 0.278. The summed E-state index contributed by atoms with van der Waals surface area (Å²) in [6, 6.07) is 5.99. The van der Waals surface area contributed by atoms with E-state index in [0.29, 0.717) is 0 Å². The van der Waals surface area contributed by atoms with Gasteiger partial charge in [-0.3, -0.25) is 9.35 Å². The number of carbonyl (C=O) groups excluding carboxylic acids is 1. The fraction of sp³-hybridized carbons (Fsp3) is 0.837. The zero-order valence-electron chi connectivity index (χ0n) is 32.7. The van der Waals surface area contributed by atoms with E-state index in [1.807, 2.05) is 6.92 Å². The van der Waals surface area contributed by atoms with Gasteiger partial charge in [-0.2, -0.15) is 8.42 Å². The Balaban J connectivity index is 0.00000175. The number of carbonyl (C=O) groups is 1. The summed E-state index contributed by atoms with van der Waals surface area (Å²) in [4.78, 5) is 12.0. The molecule has 0 aromatic heterocycles. The Labute approximate surface area is 305 Å². The average molecular weight is 708 g/mol. The molecule has 0 spiro atoms. The highest BCUT2D eigenvalue weighted by atomic mass is 32.2. The summed E-state index contributed by atoms with van der Waals surface area (Å²) in [7, 11) is -4.02. The van der Waals surface area contributed by atoms with Crippen LogP contribution < -0.4 is 5.32 Å². The monoisotopic (exact) mass is 708 g/mol. The van der Waals surface area contributed by atoms with E-state index in [1.54, 1.807) is 12.1 Å². The molecule has 1 aromatic carbocycles. The van der Waals surface area contributed by atoms with Crippen molar-refractivity contribution in [2.75, 3.05) is 6.54 Å². The summed E-state index contributed by atoms with van der Waals surface area (Å²) in [6.07, 6.45) is 43.7. The molecule has 0 unspecified atom stereocenters. The Morgan fingerprint density at radius 2 is 0.776 bits per heavy atom. The van der Waals surface area contributed by atoms with Crippen LogP contribution >= 0.6 is 0 Å². The summed E-state index contributed by atoms with van der Waals surface area (Å²) >= 11 is 0. The van der Waals surface area contributed by atoms with Gasteiger partial charge >= 0.3 is 0 Å². The molecule has 0 saturated carbocycles. The van der Waals surface area contributed by atoms with Crippen LogP contribution in [0.5, 0.6) is 0 Å². The molecule has 2 N–H and O–H groups in total. The third kappa shape index (κ3) is 36.2. The van der Waals surface area contributed by atoms with Crippen molar-refractivity contribution in [3.05, 3.63) is 29.8 Å². The molecule has 0 saturated heterocycles. The highest BCUT2D eigenvalue weighted by Gasteiger charge is 2.07. The molecule has 288 valence electrons. The molecule has 0 fully saturated rings. The van der Waals surface area contributed by atoms with Crippen molar-refractivity contribution in [3.63, 3.8) is 0 Å². The van der Waals surface area contributed by atoms with Crippen molar-refractivity contribution in [2.45, 2.75) is 231 Å². The topological polar surface area (TPSA) is 83.5 Å². The smallest absolute Gasteiger partial charge is 0.294 e. The van der Waals surface area contributed by atoms with Crippen molar-refractivity contribution < 1.29 is 17.8 Å². The lowest BCUT2D eigenvalue weighted by Gasteiger charge is -2.06. The molecule has 0 aliphatic heterocycles. The predicted octanol–water partition coefficient (Wildman–Crippen LogP) is 13.9. The Kier molecular flexibility index (Phi) is 35.4. The van der Waals surface area contributed by atoms with Gasteiger partial charge in [-0.1, -0.05) is 218 Å². The van der Waals surface area contributed by atoms with Crippen molar-refractivity contribution >= 4 is 16.0 Å². The standard InChI is InChI=1S/C36H73NO.C7H8O3S/c1-3-5-7-9-11-13-15-17-19-21-23-25-27-29-31-33-35-37-36(38)34-32-30-28-26-24-22-20-18-16-14-12-10-8-6-4-2;1-6-2-4-7(5-3-6)11(8,9)10/h3-35H2,1-2H3,(H,37,38);2-5H,1H3,(H,8,9,10). The molecule has 0 aliphatic rings. The maximum Gasteiger partial charge on any atom is 0.294 e. The van der Waals surface area contributed by atoms with Gasteiger partial charge in [0.1, 0.15) is 0 Å². The fourth-order valence-electron chi connectivity index (χ4n) is 6.36. The van der Waals surface area contributed by atoms with E-state index in [2.05, 4.69) is 19.2 Å². The second-order valence-electron chi connectivity index (χ2n) is 14.6. The van der Waals surface area contributed by atoms with Crippen LogP contribution in [-0.2, 0) is 14.9 Å². The van der Waals surface area contributed by atoms with E-state index >= 15 is 0 Å². The Bertz CT molecular complexity index is 932. The quantitative estimate of drug-likeness (QED) is 0.0552. The molecule has 0 aliphatic carbocycles. The Morgan fingerprint density at radius 1 is 0.490 bits per heavy atom. The number of benzene rings is 1. The maximum atomic E-state index is 12.0. The second-order valence-corrected chi connectivity index (χ2v) is 16.1. The van der Waals surface area contributed by atoms with Gasteiger partial charge in [0.2, 0.25) is 5.91 Å². The van der Waals surface area contributed by atoms with Gasteiger partial charge in [0.25, 0.3) is 10.1 Å². The predicted molar refractivity (Wildman–Crippen MR) is 213 cm³/mol. The number of amides is 1. The molecular formula is C43H81NO4S. The van der Waals surface area contributed by atoms with Crippen LogP contribution in [0.2, 0.25) is 0 Å². The van der Waals surface area contributed by atoms with Crippen molar-refractivity contribution in [1.82, 2.24) is 5.32 Å². The molecule has 0 heterocycles.